The molecule has 13 heteroatoms. The third-order valence-electron chi connectivity index (χ3n) is 5.51. The highest BCUT2D eigenvalue weighted by Gasteiger charge is 2.32. The summed E-state index contributed by atoms with van der Waals surface area (Å²) in [4.78, 5) is 68.6. The van der Waals surface area contributed by atoms with Crippen molar-refractivity contribution in [3.63, 3.8) is 0 Å². The smallest absolute Gasteiger partial charge is 0.326 e. The average Bonchev–Trinajstić information content (AvgIpc) is 3.34. The molecule has 0 radical (unpaired) electrons. The first kappa shape index (κ1) is 29.0. The fourth-order valence-electron chi connectivity index (χ4n) is 3.52. The molecule has 37 heavy (non-hydrogen) atoms. The van der Waals surface area contributed by atoms with Crippen LogP contribution in [0.1, 0.15) is 31.5 Å². The summed E-state index contributed by atoms with van der Waals surface area (Å²) in [5.41, 5.74) is 12.5. The second-order valence-electron chi connectivity index (χ2n) is 8.94. The zero-order chi connectivity index (χ0) is 27.5. The molecule has 0 saturated heterocycles. The molecule has 4 atom stereocenters. The van der Waals surface area contributed by atoms with Gasteiger partial charge in [0, 0.05) is 24.7 Å². The lowest BCUT2D eigenvalue weighted by Gasteiger charge is -2.26. The van der Waals surface area contributed by atoms with E-state index >= 15 is 0 Å². The molecular weight excluding hydrogens is 482 g/mol. The van der Waals surface area contributed by atoms with Crippen LogP contribution in [-0.2, 0) is 36.8 Å². The van der Waals surface area contributed by atoms with Crippen LogP contribution in [0.15, 0.2) is 42.9 Å². The summed E-state index contributed by atoms with van der Waals surface area (Å²) in [6, 6.07) is 3.79. The molecule has 9 N–H and O–H groups in total. The number of carboxylic acid groups (broad SMARTS) is 1. The van der Waals surface area contributed by atoms with Gasteiger partial charge in [0.25, 0.3) is 0 Å². The van der Waals surface area contributed by atoms with Gasteiger partial charge in [-0.2, -0.15) is 0 Å². The van der Waals surface area contributed by atoms with E-state index in [0.29, 0.717) is 11.3 Å². The third-order valence-corrected chi connectivity index (χ3v) is 5.51. The second kappa shape index (κ2) is 13.7. The normalized spacial score (nSPS) is 14.2. The fourth-order valence-corrected chi connectivity index (χ4v) is 3.52. The van der Waals surface area contributed by atoms with Crippen LogP contribution in [0.4, 0.5) is 0 Å². The molecule has 13 nitrogen and oxygen atoms in total. The zero-order valence-electron chi connectivity index (χ0n) is 20.6. The predicted octanol–water partition coefficient (Wildman–Crippen LogP) is -1.41. The van der Waals surface area contributed by atoms with Crippen LogP contribution < -0.4 is 27.4 Å². The number of carbonyl (C=O) groups excluding carboxylic acids is 4. The van der Waals surface area contributed by atoms with Gasteiger partial charge in [0.1, 0.15) is 18.1 Å². The number of rotatable bonds is 14. The number of primary amides is 1. The number of H-pyrrole nitrogens is 1. The Morgan fingerprint density at radius 3 is 2.14 bits per heavy atom. The standard InChI is InChI=1S/C24H33N7O6/c1-13(2)20(31-21(33)16(25)9-15-11-27-12-28-15)23(35)29-17(10-19(26)32)22(34)30-18(24(36)37)8-14-6-4-3-5-7-14/h3-7,11-13,16-18,20H,8-10,25H2,1-2H3,(H2,26,32)(H,27,28)(H,29,35)(H,30,34)(H,31,33)(H,36,37). The van der Waals surface area contributed by atoms with E-state index in [2.05, 4.69) is 25.9 Å². The second-order valence-corrected chi connectivity index (χ2v) is 8.94. The Bertz CT molecular complexity index is 1070. The fraction of sp³-hybridized carbons (Fsp3) is 0.417. The van der Waals surface area contributed by atoms with Crippen molar-refractivity contribution in [3.05, 3.63) is 54.1 Å². The molecule has 0 aliphatic carbocycles. The Labute approximate surface area is 213 Å². The number of amides is 4. The van der Waals surface area contributed by atoms with Gasteiger partial charge < -0.3 is 37.5 Å². The number of aromatic nitrogens is 2. The SMILES string of the molecule is CC(C)C(NC(=O)C(N)Cc1cnc[nH]1)C(=O)NC(CC(N)=O)C(=O)NC(Cc1ccccc1)C(=O)O. The number of hydrogen-bond acceptors (Lipinski definition) is 7. The summed E-state index contributed by atoms with van der Waals surface area (Å²) in [5.74, 6) is -4.85. The Hall–Kier alpha value is -4.26. The number of carbonyl (C=O) groups is 5. The van der Waals surface area contributed by atoms with Crippen molar-refractivity contribution in [1.29, 1.82) is 0 Å². The van der Waals surface area contributed by atoms with E-state index in [1.807, 2.05) is 0 Å². The summed E-state index contributed by atoms with van der Waals surface area (Å²) in [7, 11) is 0. The van der Waals surface area contributed by atoms with Crippen LogP contribution in [0.3, 0.4) is 0 Å². The number of hydrogen-bond donors (Lipinski definition) is 7. The number of aliphatic carboxylic acids is 1. The molecule has 0 bridgehead atoms. The van der Waals surface area contributed by atoms with Gasteiger partial charge in [-0.15, -0.1) is 0 Å². The molecule has 0 aliphatic rings. The molecule has 1 aromatic heterocycles. The lowest BCUT2D eigenvalue weighted by atomic mass is 10.0. The van der Waals surface area contributed by atoms with E-state index < -0.39 is 66.1 Å². The summed E-state index contributed by atoms with van der Waals surface area (Å²) in [6.45, 7) is 3.35. The molecule has 4 amide bonds. The number of aromatic amines is 1. The van der Waals surface area contributed by atoms with Gasteiger partial charge in [0.05, 0.1) is 18.8 Å². The van der Waals surface area contributed by atoms with E-state index in [4.69, 9.17) is 11.5 Å². The molecule has 200 valence electrons. The minimum Gasteiger partial charge on any atom is -0.480 e. The minimum absolute atomic E-state index is 0.0158. The third kappa shape index (κ3) is 9.37. The highest BCUT2D eigenvalue weighted by molar-refractivity contribution is 5.96. The molecule has 2 aromatic rings. The van der Waals surface area contributed by atoms with Gasteiger partial charge in [-0.3, -0.25) is 19.2 Å². The molecule has 0 aliphatic heterocycles. The molecule has 2 rings (SSSR count). The topological polar surface area (TPSA) is 222 Å². The highest BCUT2D eigenvalue weighted by Crippen LogP contribution is 2.07. The van der Waals surface area contributed by atoms with E-state index in [0.717, 1.165) is 0 Å². The Morgan fingerprint density at radius 2 is 1.59 bits per heavy atom. The average molecular weight is 516 g/mol. The van der Waals surface area contributed by atoms with Gasteiger partial charge in [0.2, 0.25) is 23.6 Å². The van der Waals surface area contributed by atoms with Gasteiger partial charge >= 0.3 is 5.97 Å². The Kier molecular flexibility index (Phi) is 10.8. The largest absolute Gasteiger partial charge is 0.480 e. The van der Waals surface area contributed by atoms with Crippen molar-refractivity contribution < 1.29 is 29.1 Å². The van der Waals surface area contributed by atoms with Gasteiger partial charge in [-0.05, 0) is 11.5 Å². The van der Waals surface area contributed by atoms with Gasteiger partial charge in [0.15, 0.2) is 0 Å². The number of nitrogens with two attached hydrogens (primary N) is 2. The Morgan fingerprint density at radius 1 is 0.946 bits per heavy atom. The van der Waals surface area contributed by atoms with Gasteiger partial charge in [-0.25, -0.2) is 9.78 Å². The van der Waals surface area contributed by atoms with Crippen molar-refractivity contribution in [3.8, 4) is 0 Å². The summed E-state index contributed by atoms with van der Waals surface area (Å²) < 4.78 is 0. The molecule has 0 fully saturated rings. The quantitative estimate of drug-likeness (QED) is 0.158. The summed E-state index contributed by atoms with van der Waals surface area (Å²) in [6.07, 6.45) is 2.53. The van der Waals surface area contributed by atoms with Crippen molar-refractivity contribution >= 4 is 29.6 Å². The molecule has 4 unspecified atom stereocenters. The maximum atomic E-state index is 13.0. The highest BCUT2D eigenvalue weighted by atomic mass is 16.4. The molecule has 0 spiro atoms. The first-order valence-electron chi connectivity index (χ1n) is 11.7. The molecular formula is C24H33N7O6. The van der Waals surface area contributed by atoms with E-state index in [9.17, 15) is 29.1 Å². The van der Waals surface area contributed by atoms with Crippen molar-refractivity contribution in [2.45, 2.75) is 57.3 Å². The minimum atomic E-state index is -1.46. The maximum absolute atomic E-state index is 13.0. The van der Waals surface area contributed by atoms with Crippen LogP contribution in [0.25, 0.3) is 0 Å². The Balaban J connectivity index is 2.09. The van der Waals surface area contributed by atoms with E-state index in [-0.39, 0.29) is 12.8 Å². The number of benzene rings is 1. The number of nitrogens with zero attached hydrogens (tertiary/aromatic N) is 1. The lowest BCUT2D eigenvalue weighted by molar-refractivity contribution is -0.142. The summed E-state index contributed by atoms with van der Waals surface area (Å²) >= 11 is 0. The van der Waals surface area contributed by atoms with Crippen LogP contribution in [-0.4, -0.2) is 68.8 Å². The number of imidazole rings is 1. The molecule has 1 aromatic carbocycles. The zero-order valence-corrected chi connectivity index (χ0v) is 20.6. The number of nitrogens with one attached hydrogen (secondary N) is 4. The van der Waals surface area contributed by atoms with Crippen molar-refractivity contribution in [2.24, 2.45) is 17.4 Å². The van der Waals surface area contributed by atoms with Crippen LogP contribution in [0.5, 0.6) is 0 Å². The monoisotopic (exact) mass is 515 g/mol. The van der Waals surface area contributed by atoms with Crippen LogP contribution in [0, 0.1) is 5.92 Å². The van der Waals surface area contributed by atoms with Crippen LogP contribution in [0.2, 0.25) is 0 Å². The lowest BCUT2D eigenvalue weighted by Crippen LogP contribution is -2.59. The summed E-state index contributed by atoms with van der Waals surface area (Å²) in [5, 5.41) is 16.9. The molecule has 1 heterocycles. The molecule has 0 saturated carbocycles. The van der Waals surface area contributed by atoms with E-state index in [1.165, 1.54) is 12.5 Å². The van der Waals surface area contributed by atoms with E-state index in [1.54, 1.807) is 44.2 Å². The van der Waals surface area contributed by atoms with Gasteiger partial charge in [-0.1, -0.05) is 44.2 Å². The maximum Gasteiger partial charge on any atom is 0.326 e. The van der Waals surface area contributed by atoms with Crippen molar-refractivity contribution in [2.75, 3.05) is 0 Å². The van der Waals surface area contributed by atoms with Crippen molar-refractivity contribution in [1.82, 2.24) is 25.9 Å². The predicted molar refractivity (Wildman–Crippen MR) is 132 cm³/mol. The number of carboxylic acids is 1. The van der Waals surface area contributed by atoms with Crippen LogP contribution >= 0.6 is 0 Å². The first-order valence-corrected chi connectivity index (χ1v) is 11.7. The first-order chi connectivity index (χ1) is 17.5.